The molecule has 0 bridgehead atoms. The van der Waals surface area contributed by atoms with Crippen LogP contribution in [0.15, 0.2) is 60.3 Å². The smallest absolute Gasteiger partial charge is 0.198 e. The van der Waals surface area contributed by atoms with Crippen LogP contribution in [0.4, 0.5) is 0 Å². The molecule has 0 saturated carbocycles. The number of benzene rings is 2. The molecule has 0 aliphatic carbocycles. The minimum Gasteiger partial charge on any atom is -0.497 e. The standard InChI is InChI=1S/C20H21NO3/c1-20(2)17(13-21-12-14-7-5-4-6-8-14)19(22)16-11-15(23-3)9-10-18(16)24-20/h4-11,13,21H,12H2,1-3H3/b17-13-. The van der Waals surface area contributed by atoms with Crippen molar-refractivity contribution in [1.29, 1.82) is 0 Å². The molecule has 1 heterocycles. The minimum absolute atomic E-state index is 0.0410. The summed E-state index contributed by atoms with van der Waals surface area (Å²) in [4.78, 5) is 12.9. The Hall–Kier alpha value is -2.75. The third-order valence-electron chi connectivity index (χ3n) is 4.09. The maximum atomic E-state index is 12.9. The molecule has 2 aromatic rings. The molecule has 2 aromatic carbocycles. The lowest BCUT2D eigenvalue weighted by molar-refractivity contribution is 0.0853. The number of ether oxygens (including phenoxy) is 2. The first kappa shape index (κ1) is 16.1. The van der Waals surface area contributed by atoms with Crippen molar-refractivity contribution >= 4 is 5.78 Å². The van der Waals surface area contributed by atoms with Gasteiger partial charge in [0.2, 0.25) is 0 Å². The second-order valence-corrected chi connectivity index (χ2v) is 6.23. The second kappa shape index (κ2) is 6.40. The van der Waals surface area contributed by atoms with Crippen molar-refractivity contribution in [1.82, 2.24) is 5.32 Å². The van der Waals surface area contributed by atoms with E-state index in [2.05, 4.69) is 5.32 Å². The number of rotatable bonds is 4. The highest BCUT2D eigenvalue weighted by atomic mass is 16.5. The van der Waals surface area contributed by atoms with E-state index < -0.39 is 5.60 Å². The average Bonchev–Trinajstić information content (AvgIpc) is 2.58. The number of nitrogens with one attached hydrogen (secondary N) is 1. The number of carbonyl (C=O) groups is 1. The number of methoxy groups -OCH3 is 1. The normalized spacial score (nSPS) is 17.1. The molecule has 0 fully saturated rings. The summed E-state index contributed by atoms with van der Waals surface area (Å²) in [6.07, 6.45) is 1.76. The molecule has 0 amide bonds. The van der Waals surface area contributed by atoms with Crippen molar-refractivity contribution in [2.24, 2.45) is 0 Å². The van der Waals surface area contributed by atoms with Crippen LogP contribution in [0.2, 0.25) is 0 Å². The highest BCUT2D eigenvalue weighted by Crippen LogP contribution is 2.37. The summed E-state index contributed by atoms with van der Waals surface area (Å²) in [5.41, 5.74) is 1.58. The minimum atomic E-state index is -0.692. The van der Waals surface area contributed by atoms with Gasteiger partial charge in [-0.05, 0) is 37.6 Å². The van der Waals surface area contributed by atoms with Gasteiger partial charge in [-0.25, -0.2) is 0 Å². The van der Waals surface area contributed by atoms with Gasteiger partial charge in [0.1, 0.15) is 17.1 Å². The van der Waals surface area contributed by atoms with Gasteiger partial charge < -0.3 is 14.8 Å². The van der Waals surface area contributed by atoms with Gasteiger partial charge in [-0.2, -0.15) is 0 Å². The van der Waals surface area contributed by atoms with E-state index in [0.29, 0.717) is 29.2 Å². The number of ketones is 1. The Balaban J connectivity index is 1.86. The average molecular weight is 323 g/mol. The topological polar surface area (TPSA) is 47.6 Å². The van der Waals surface area contributed by atoms with Crippen LogP contribution in [-0.4, -0.2) is 18.5 Å². The molecular weight excluding hydrogens is 302 g/mol. The molecule has 0 aromatic heterocycles. The quantitative estimate of drug-likeness (QED) is 0.871. The largest absolute Gasteiger partial charge is 0.497 e. The molecule has 4 nitrogen and oxygen atoms in total. The highest BCUT2D eigenvalue weighted by Gasteiger charge is 2.38. The third-order valence-corrected chi connectivity index (χ3v) is 4.09. The molecule has 0 saturated heterocycles. The van der Waals surface area contributed by atoms with Crippen LogP contribution in [0.3, 0.4) is 0 Å². The first-order valence-electron chi connectivity index (χ1n) is 7.91. The van der Waals surface area contributed by atoms with Crippen molar-refractivity contribution < 1.29 is 14.3 Å². The van der Waals surface area contributed by atoms with E-state index in [1.165, 1.54) is 0 Å². The van der Waals surface area contributed by atoms with Gasteiger partial charge in [0, 0.05) is 12.7 Å². The summed E-state index contributed by atoms with van der Waals surface area (Å²) in [5, 5.41) is 3.22. The summed E-state index contributed by atoms with van der Waals surface area (Å²) >= 11 is 0. The molecule has 1 N–H and O–H groups in total. The van der Waals surface area contributed by atoms with Crippen LogP contribution < -0.4 is 14.8 Å². The summed E-state index contributed by atoms with van der Waals surface area (Å²) in [7, 11) is 1.58. The van der Waals surface area contributed by atoms with Gasteiger partial charge in [0.05, 0.1) is 18.2 Å². The maximum Gasteiger partial charge on any atom is 0.198 e. The highest BCUT2D eigenvalue weighted by molar-refractivity contribution is 6.13. The third kappa shape index (κ3) is 3.13. The molecule has 3 rings (SSSR count). The maximum absolute atomic E-state index is 12.9. The van der Waals surface area contributed by atoms with Crippen molar-refractivity contribution in [3.63, 3.8) is 0 Å². The SMILES string of the molecule is COc1ccc2c(c1)C(=O)/C(=C/NCc1ccccc1)C(C)(C)O2. The summed E-state index contributed by atoms with van der Waals surface area (Å²) in [5.74, 6) is 1.19. The zero-order valence-electron chi connectivity index (χ0n) is 14.1. The molecule has 0 spiro atoms. The van der Waals surface area contributed by atoms with E-state index >= 15 is 0 Å². The van der Waals surface area contributed by atoms with Crippen LogP contribution in [-0.2, 0) is 6.54 Å². The van der Waals surface area contributed by atoms with Gasteiger partial charge in [-0.15, -0.1) is 0 Å². The molecule has 0 atom stereocenters. The lowest BCUT2D eigenvalue weighted by Crippen LogP contribution is -2.39. The van der Waals surface area contributed by atoms with E-state index in [9.17, 15) is 4.79 Å². The number of hydrogen-bond donors (Lipinski definition) is 1. The van der Waals surface area contributed by atoms with E-state index in [1.54, 1.807) is 31.5 Å². The number of fused-ring (bicyclic) bond motifs is 1. The number of Topliss-reactive ketones (excluding diaryl/α,β-unsaturated/α-hetero) is 1. The first-order valence-corrected chi connectivity index (χ1v) is 7.91. The Morgan fingerprint density at radius 3 is 2.62 bits per heavy atom. The second-order valence-electron chi connectivity index (χ2n) is 6.23. The first-order chi connectivity index (χ1) is 11.5. The van der Waals surface area contributed by atoms with Crippen LogP contribution in [0.5, 0.6) is 11.5 Å². The van der Waals surface area contributed by atoms with Crippen molar-refractivity contribution in [3.05, 3.63) is 71.4 Å². The summed E-state index contributed by atoms with van der Waals surface area (Å²) in [6.45, 7) is 4.45. The monoisotopic (exact) mass is 323 g/mol. The van der Waals surface area contributed by atoms with E-state index in [-0.39, 0.29) is 5.78 Å². The molecule has 24 heavy (non-hydrogen) atoms. The molecule has 1 aliphatic heterocycles. The van der Waals surface area contributed by atoms with Gasteiger partial charge in [0.15, 0.2) is 5.78 Å². The molecule has 4 heteroatoms. The zero-order chi connectivity index (χ0) is 17.2. The van der Waals surface area contributed by atoms with Crippen molar-refractivity contribution in [2.45, 2.75) is 26.0 Å². The van der Waals surface area contributed by atoms with Crippen molar-refractivity contribution in [3.8, 4) is 11.5 Å². The Kier molecular flexibility index (Phi) is 4.30. The molecule has 0 unspecified atom stereocenters. The van der Waals surface area contributed by atoms with E-state index in [0.717, 1.165) is 5.56 Å². The number of carbonyl (C=O) groups excluding carboxylic acids is 1. The van der Waals surface area contributed by atoms with Gasteiger partial charge in [-0.3, -0.25) is 4.79 Å². The fourth-order valence-corrected chi connectivity index (χ4v) is 2.76. The predicted molar refractivity (Wildman–Crippen MR) is 93.4 cm³/mol. The fourth-order valence-electron chi connectivity index (χ4n) is 2.76. The van der Waals surface area contributed by atoms with Crippen LogP contribution in [0.25, 0.3) is 0 Å². The molecule has 124 valence electrons. The lowest BCUT2D eigenvalue weighted by atomic mass is 9.87. The lowest BCUT2D eigenvalue weighted by Gasteiger charge is -2.34. The Morgan fingerprint density at radius 2 is 1.92 bits per heavy atom. The number of hydrogen-bond acceptors (Lipinski definition) is 4. The van der Waals surface area contributed by atoms with Gasteiger partial charge in [-0.1, -0.05) is 30.3 Å². The fraction of sp³-hybridized carbons (Fsp3) is 0.250. The zero-order valence-corrected chi connectivity index (χ0v) is 14.1. The molecule has 0 radical (unpaired) electrons. The molecular formula is C20H21NO3. The summed E-state index contributed by atoms with van der Waals surface area (Å²) < 4.78 is 11.2. The Morgan fingerprint density at radius 1 is 1.17 bits per heavy atom. The predicted octanol–water partition coefficient (Wildman–Crippen LogP) is 3.72. The Bertz CT molecular complexity index is 779. The molecule has 1 aliphatic rings. The van der Waals surface area contributed by atoms with Crippen LogP contribution in [0, 0.1) is 0 Å². The van der Waals surface area contributed by atoms with E-state index in [1.807, 2.05) is 44.2 Å². The van der Waals surface area contributed by atoms with Crippen LogP contribution in [0.1, 0.15) is 29.8 Å². The Labute approximate surface area is 142 Å². The van der Waals surface area contributed by atoms with E-state index in [4.69, 9.17) is 9.47 Å². The summed E-state index contributed by atoms with van der Waals surface area (Å²) in [6, 6.07) is 15.3. The van der Waals surface area contributed by atoms with Crippen LogP contribution >= 0.6 is 0 Å². The van der Waals surface area contributed by atoms with Gasteiger partial charge in [0.25, 0.3) is 0 Å². The van der Waals surface area contributed by atoms with Gasteiger partial charge >= 0.3 is 0 Å². The van der Waals surface area contributed by atoms with Crippen molar-refractivity contribution in [2.75, 3.05) is 7.11 Å².